The third-order valence-corrected chi connectivity index (χ3v) is 7.81. The summed E-state index contributed by atoms with van der Waals surface area (Å²) in [5.74, 6) is 0.220. The molecule has 1 N–H and O–H groups in total. The molecule has 1 aliphatic rings. The van der Waals surface area contributed by atoms with Crippen molar-refractivity contribution < 1.29 is 17.9 Å². The van der Waals surface area contributed by atoms with Crippen LogP contribution in [0.25, 0.3) is 0 Å². The van der Waals surface area contributed by atoms with Crippen LogP contribution in [0.15, 0.2) is 65.6 Å². The van der Waals surface area contributed by atoms with Crippen molar-refractivity contribution >= 4 is 39.1 Å². The zero-order valence-corrected chi connectivity index (χ0v) is 21.7. The van der Waals surface area contributed by atoms with E-state index in [0.29, 0.717) is 41.5 Å². The number of halogens is 2. The van der Waals surface area contributed by atoms with Gasteiger partial charge in [-0.15, -0.1) is 0 Å². The fraction of sp³-hybridized carbons (Fsp3) is 0.231. The lowest BCUT2D eigenvalue weighted by molar-refractivity contribution is 0.0711. The highest BCUT2D eigenvalue weighted by atomic mass is 35.5. The Morgan fingerprint density at radius 3 is 2.28 bits per heavy atom. The predicted octanol–water partition coefficient (Wildman–Crippen LogP) is 5.55. The monoisotopic (exact) mass is 543 g/mol. The van der Waals surface area contributed by atoms with Gasteiger partial charge in [-0.25, -0.2) is 13.1 Å². The minimum atomic E-state index is -4.05. The lowest BCUT2D eigenvalue weighted by Crippen LogP contribution is -2.46. The minimum Gasteiger partial charge on any atom is -0.456 e. The number of carbonyl (C=O) groups excluding carboxylic acids is 1. The van der Waals surface area contributed by atoms with Crippen molar-refractivity contribution in [2.24, 2.45) is 0 Å². The molecule has 1 heterocycles. The van der Waals surface area contributed by atoms with Crippen molar-refractivity contribution in [3.05, 3.63) is 87.4 Å². The highest BCUT2D eigenvalue weighted by Gasteiger charge is 2.29. The van der Waals surface area contributed by atoms with Crippen LogP contribution in [-0.4, -0.2) is 38.4 Å². The number of nitriles is 1. The number of sulfonamides is 1. The Morgan fingerprint density at radius 2 is 1.67 bits per heavy atom. The summed E-state index contributed by atoms with van der Waals surface area (Å²) in [5, 5.41) is 9.98. The Hall–Kier alpha value is -3.09. The lowest BCUT2D eigenvalue weighted by Gasteiger charge is -2.32. The first kappa shape index (κ1) is 26.0. The average molecular weight is 544 g/mol. The summed E-state index contributed by atoms with van der Waals surface area (Å²) < 4.78 is 35.2. The van der Waals surface area contributed by atoms with Gasteiger partial charge in [-0.2, -0.15) is 5.26 Å². The van der Waals surface area contributed by atoms with Gasteiger partial charge in [-0.1, -0.05) is 40.9 Å². The zero-order valence-electron chi connectivity index (χ0n) is 19.4. The molecule has 0 saturated carbocycles. The van der Waals surface area contributed by atoms with Gasteiger partial charge in [-0.05, 0) is 68.3 Å². The van der Waals surface area contributed by atoms with E-state index in [-0.39, 0.29) is 33.9 Å². The summed E-state index contributed by atoms with van der Waals surface area (Å²) in [4.78, 5) is 14.3. The molecule has 3 aromatic carbocycles. The van der Waals surface area contributed by atoms with Crippen molar-refractivity contribution in [3.8, 4) is 17.6 Å². The van der Waals surface area contributed by atoms with Crippen LogP contribution in [0, 0.1) is 18.3 Å². The highest BCUT2D eigenvalue weighted by molar-refractivity contribution is 7.89. The number of likely N-dealkylation sites (tertiary alicyclic amines) is 1. The maximum atomic E-state index is 13.3. The molecule has 1 fully saturated rings. The Bertz CT molecular complexity index is 1410. The number of hydrogen-bond donors (Lipinski definition) is 1. The maximum absolute atomic E-state index is 13.3. The molecule has 186 valence electrons. The number of ether oxygens (including phenoxy) is 1. The summed E-state index contributed by atoms with van der Waals surface area (Å²) >= 11 is 12.1. The highest BCUT2D eigenvalue weighted by Crippen LogP contribution is 2.33. The SMILES string of the molecule is Cc1ccc(C(=O)N2CCC(NS(=O)(=O)c3cc(C#N)ccc3Oc3cc(Cl)cc(Cl)c3)CC2)cc1. The topological polar surface area (TPSA) is 99.5 Å². The first-order valence-corrected chi connectivity index (χ1v) is 13.4. The molecule has 0 unspecified atom stereocenters. The molecule has 0 radical (unpaired) electrons. The minimum absolute atomic E-state index is 0.0341. The molecule has 0 atom stereocenters. The van der Waals surface area contributed by atoms with Crippen LogP contribution in [0.4, 0.5) is 0 Å². The molecule has 0 aromatic heterocycles. The Kier molecular flexibility index (Phi) is 7.86. The predicted molar refractivity (Wildman–Crippen MR) is 138 cm³/mol. The van der Waals surface area contributed by atoms with E-state index in [0.717, 1.165) is 5.56 Å². The van der Waals surface area contributed by atoms with Crippen LogP contribution < -0.4 is 9.46 Å². The number of amides is 1. The fourth-order valence-electron chi connectivity index (χ4n) is 3.95. The number of nitrogens with zero attached hydrogens (tertiary/aromatic N) is 2. The second-order valence-electron chi connectivity index (χ2n) is 8.53. The number of hydrogen-bond acceptors (Lipinski definition) is 5. The largest absolute Gasteiger partial charge is 0.456 e. The van der Waals surface area contributed by atoms with Crippen molar-refractivity contribution in [1.29, 1.82) is 5.26 Å². The lowest BCUT2D eigenvalue weighted by atomic mass is 10.0. The van der Waals surface area contributed by atoms with Crippen LogP contribution in [-0.2, 0) is 10.0 Å². The molecule has 4 rings (SSSR count). The Balaban J connectivity index is 1.49. The van der Waals surface area contributed by atoms with E-state index in [9.17, 15) is 18.5 Å². The van der Waals surface area contributed by atoms with Gasteiger partial charge in [0.05, 0.1) is 11.6 Å². The van der Waals surface area contributed by atoms with Crippen LogP contribution in [0.1, 0.15) is 34.3 Å². The summed E-state index contributed by atoms with van der Waals surface area (Å²) in [5.41, 5.74) is 1.85. The number of benzene rings is 3. The molecule has 3 aromatic rings. The first-order valence-electron chi connectivity index (χ1n) is 11.2. The van der Waals surface area contributed by atoms with Crippen molar-refractivity contribution in [2.75, 3.05) is 13.1 Å². The van der Waals surface area contributed by atoms with E-state index < -0.39 is 10.0 Å². The van der Waals surface area contributed by atoms with E-state index in [2.05, 4.69) is 4.72 Å². The standard InChI is InChI=1S/C26H23Cl2N3O4S/c1-17-2-5-19(6-3-17)26(32)31-10-8-22(9-11-31)30-36(33,34)25-12-18(16-29)4-7-24(25)35-23-14-20(27)13-21(28)15-23/h2-7,12-15,22,30H,8-11H2,1H3. The Labute approximate surface area is 220 Å². The summed E-state index contributed by atoms with van der Waals surface area (Å²) in [6.45, 7) is 2.80. The van der Waals surface area contributed by atoms with Crippen molar-refractivity contribution in [1.82, 2.24) is 9.62 Å². The van der Waals surface area contributed by atoms with Gasteiger partial charge in [-0.3, -0.25) is 4.79 Å². The van der Waals surface area contributed by atoms with E-state index in [4.69, 9.17) is 27.9 Å². The van der Waals surface area contributed by atoms with Crippen LogP contribution in [0.2, 0.25) is 10.0 Å². The molecule has 36 heavy (non-hydrogen) atoms. The van der Waals surface area contributed by atoms with Crippen LogP contribution in [0.5, 0.6) is 11.5 Å². The van der Waals surface area contributed by atoms with Crippen molar-refractivity contribution in [2.45, 2.75) is 30.7 Å². The number of nitrogens with one attached hydrogen (secondary N) is 1. The molecule has 0 bridgehead atoms. The summed E-state index contributed by atoms with van der Waals surface area (Å²) in [6, 6.07) is 17.7. The number of carbonyl (C=O) groups is 1. The fourth-order valence-corrected chi connectivity index (χ4v) is 5.91. The normalized spacial score (nSPS) is 14.3. The van der Waals surface area contributed by atoms with E-state index >= 15 is 0 Å². The van der Waals surface area contributed by atoms with Gasteiger partial charge in [0, 0.05) is 34.7 Å². The van der Waals surface area contributed by atoms with Crippen molar-refractivity contribution in [3.63, 3.8) is 0 Å². The third-order valence-electron chi connectivity index (χ3n) is 5.83. The zero-order chi connectivity index (χ0) is 25.9. The maximum Gasteiger partial charge on any atom is 0.253 e. The first-order chi connectivity index (χ1) is 17.1. The van der Waals surface area contributed by atoms with Gasteiger partial charge >= 0.3 is 0 Å². The number of piperidine rings is 1. The van der Waals surface area contributed by atoms with E-state index in [1.54, 1.807) is 17.0 Å². The van der Waals surface area contributed by atoms with E-state index in [1.165, 1.54) is 36.4 Å². The molecule has 1 saturated heterocycles. The molecular formula is C26H23Cl2N3O4S. The smallest absolute Gasteiger partial charge is 0.253 e. The average Bonchev–Trinajstić information content (AvgIpc) is 2.84. The second kappa shape index (κ2) is 10.9. The number of aryl methyl sites for hydroxylation is 1. The Morgan fingerprint density at radius 1 is 1.03 bits per heavy atom. The van der Waals surface area contributed by atoms with Crippen LogP contribution in [0.3, 0.4) is 0 Å². The quantitative estimate of drug-likeness (QED) is 0.439. The van der Waals surface area contributed by atoms with Gasteiger partial charge in [0.25, 0.3) is 5.91 Å². The molecule has 1 aliphatic heterocycles. The van der Waals surface area contributed by atoms with Gasteiger partial charge in [0.15, 0.2) is 0 Å². The number of rotatable bonds is 6. The molecule has 1 amide bonds. The molecule has 7 nitrogen and oxygen atoms in total. The molecule has 0 spiro atoms. The third kappa shape index (κ3) is 6.18. The summed E-state index contributed by atoms with van der Waals surface area (Å²) in [7, 11) is -4.05. The molecular weight excluding hydrogens is 521 g/mol. The van der Waals surface area contributed by atoms with Crippen LogP contribution >= 0.6 is 23.2 Å². The molecule has 0 aliphatic carbocycles. The van der Waals surface area contributed by atoms with Gasteiger partial charge < -0.3 is 9.64 Å². The summed E-state index contributed by atoms with van der Waals surface area (Å²) in [6.07, 6.45) is 0.906. The van der Waals surface area contributed by atoms with Gasteiger partial charge in [0.1, 0.15) is 16.4 Å². The van der Waals surface area contributed by atoms with E-state index in [1.807, 2.05) is 25.1 Å². The van der Waals surface area contributed by atoms with Gasteiger partial charge in [0.2, 0.25) is 10.0 Å². The molecule has 10 heteroatoms. The second-order valence-corrected chi connectivity index (χ2v) is 11.1.